The van der Waals surface area contributed by atoms with Crippen LogP contribution in [-0.2, 0) is 14.8 Å². The van der Waals surface area contributed by atoms with Gasteiger partial charge >= 0.3 is 0 Å². The van der Waals surface area contributed by atoms with Gasteiger partial charge in [-0.15, -0.1) is 0 Å². The summed E-state index contributed by atoms with van der Waals surface area (Å²) in [6.45, 7) is 2.00. The zero-order valence-corrected chi connectivity index (χ0v) is 15.8. The fourth-order valence-corrected chi connectivity index (χ4v) is 3.66. The summed E-state index contributed by atoms with van der Waals surface area (Å²) < 4.78 is 32.1. The van der Waals surface area contributed by atoms with Crippen LogP contribution in [0.5, 0.6) is 5.75 Å². The minimum absolute atomic E-state index is 0.0332. The molecule has 2 N–H and O–H groups in total. The molecule has 140 valence electrons. The molecule has 0 heterocycles. The first kappa shape index (κ1) is 19.9. The number of rotatable bonds is 9. The van der Waals surface area contributed by atoms with Crippen LogP contribution < -0.4 is 14.8 Å². The number of ether oxygens (including phenoxy) is 1. The van der Waals surface area contributed by atoms with Gasteiger partial charge in [0.15, 0.2) is 0 Å². The van der Waals surface area contributed by atoms with Crippen molar-refractivity contribution >= 4 is 15.9 Å². The molecule has 1 amide bonds. The Labute approximate surface area is 154 Å². The van der Waals surface area contributed by atoms with Crippen LogP contribution in [0, 0.1) is 0 Å². The lowest BCUT2D eigenvalue weighted by Gasteiger charge is -2.20. The summed E-state index contributed by atoms with van der Waals surface area (Å²) in [6, 6.07) is 15.4. The molecule has 0 spiro atoms. The highest BCUT2D eigenvalue weighted by atomic mass is 32.2. The van der Waals surface area contributed by atoms with Gasteiger partial charge < -0.3 is 10.1 Å². The number of nitrogens with one attached hydrogen (secondary N) is 2. The first-order valence-corrected chi connectivity index (χ1v) is 9.93. The average Bonchev–Trinajstić information content (AvgIpc) is 2.66. The van der Waals surface area contributed by atoms with Gasteiger partial charge in [-0.1, -0.05) is 43.3 Å². The third kappa shape index (κ3) is 5.31. The molecule has 0 bridgehead atoms. The van der Waals surface area contributed by atoms with Gasteiger partial charge in [0, 0.05) is 18.5 Å². The number of hydrogen-bond acceptors (Lipinski definition) is 4. The van der Waals surface area contributed by atoms with Crippen molar-refractivity contribution in [2.45, 2.75) is 30.7 Å². The van der Waals surface area contributed by atoms with Crippen molar-refractivity contribution in [1.82, 2.24) is 10.0 Å². The van der Waals surface area contributed by atoms with E-state index in [1.54, 1.807) is 25.3 Å². The molecule has 0 aliphatic rings. The summed E-state index contributed by atoms with van der Waals surface area (Å²) in [5.41, 5.74) is 0.899. The molecule has 0 saturated heterocycles. The number of hydrogen-bond donors (Lipinski definition) is 2. The van der Waals surface area contributed by atoms with Crippen molar-refractivity contribution in [2.75, 3.05) is 13.7 Å². The monoisotopic (exact) mass is 376 g/mol. The van der Waals surface area contributed by atoms with Gasteiger partial charge in [-0.2, -0.15) is 0 Å². The van der Waals surface area contributed by atoms with Crippen LogP contribution in [0.2, 0.25) is 0 Å². The van der Waals surface area contributed by atoms with Gasteiger partial charge in [0.2, 0.25) is 15.9 Å². The highest BCUT2D eigenvalue weighted by molar-refractivity contribution is 7.89. The fourth-order valence-electron chi connectivity index (χ4n) is 2.60. The summed E-state index contributed by atoms with van der Waals surface area (Å²) in [4.78, 5) is 12.4. The summed E-state index contributed by atoms with van der Waals surface area (Å²) in [5, 5.41) is 2.93. The number of carbonyl (C=O) groups excluding carboxylic acids is 1. The molecular formula is C19H24N2O4S. The Balaban J connectivity index is 1.91. The lowest BCUT2D eigenvalue weighted by atomic mass is 10.0. The quantitative estimate of drug-likeness (QED) is 0.705. The van der Waals surface area contributed by atoms with Crippen molar-refractivity contribution in [1.29, 1.82) is 0 Å². The first-order valence-electron chi connectivity index (χ1n) is 8.45. The fraction of sp³-hybridized carbons (Fsp3) is 0.316. The number of sulfonamides is 1. The molecule has 0 fully saturated rings. The zero-order chi connectivity index (χ0) is 19.0. The van der Waals surface area contributed by atoms with Gasteiger partial charge in [-0.25, -0.2) is 13.1 Å². The summed E-state index contributed by atoms with van der Waals surface area (Å²) in [6.07, 6.45) is 0.750. The van der Waals surface area contributed by atoms with E-state index >= 15 is 0 Å². The molecule has 2 rings (SSSR count). The second-order valence-electron chi connectivity index (χ2n) is 5.73. The van der Waals surface area contributed by atoms with E-state index in [1.807, 2.05) is 31.2 Å². The SMILES string of the molecule is CCC(NC(=O)CCNS(=O)(=O)c1ccccc1)c1ccccc1OC. The first-order chi connectivity index (χ1) is 12.5. The normalized spacial score (nSPS) is 12.4. The highest BCUT2D eigenvalue weighted by Gasteiger charge is 2.17. The van der Waals surface area contributed by atoms with Crippen molar-refractivity contribution < 1.29 is 17.9 Å². The van der Waals surface area contributed by atoms with E-state index in [0.29, 0.717) is 12.2 Å². The van der Waals surface area contributed by atoms with E-state index in [4.69, 9.17) is 4.74 Å². The molecule has 0 radical (unpaired) electrons. The Morgan fingerprint density at radius 3 is 2.38 bits per heavy atom. The standard InChI is InChI=1S/C19H24N2O4S/c1-3-17(16-11-7-8-12-18(16)25-2)21-19(22)13-14-20-26(23,24)15-9-5-4-6-10-15/h4-12,17,20H,3,13-14H2,1-2H3,(H,21,22). The maximum atomic E-state index is 12.2. The molecule has 6 nitrogen and oxygen atoms in total. The molecule has 7 heteroatoms. The van der Waals surface area contributed by atoms with E-state index in [2.05, 4.69) is 10.0 Å². The predicted molar refractivity (Wildman–Crippen MR) is 100 cm³/mol. The number of carbonyl (C=O) groups is 1. The second kappa shape index (κ2) is 9.35. The van der Waals surface area contributed by atoms with Crippen LogP contribution in [0.25, 0.3) is 0 Å². The smallest absolute Gasteiger partial charge is 0.240 e. The summed E-state index contributed by atoms with van der Waals surface area (Å²) in [5.74, 6) is 0.489. The molecule has 2 aromatic rings. The van der Waals surface area contributed by atoms with Gasteiger partial charge in [-0.05, 0) is 24.6 Å². The number of para-hydroxylation sites is 1. The van der Waals surface area contributed by atoms with E-state index in [1.165, 1.54) is 12.1 Å². The minimum atomic E-state index is -3.60. The molecule has 0 saturated carbocycles. The van der Waals surface area contributed by atoms with Crippen molar-refractivity contribution in [2.24, 2.45) is 0 Å². The van der Waals surface area contributed by atoms with Gasteiger partial charge in [-0.3, -0.25) is 4.79 Å². The molecule has 0 aliphatic heterocycles. The van der Waals surface area contributed by atoms with Gasteiger partial charge in [0.05, 0.1) is 18.0 Å². The lowest BCUT2D eigenvalue weighted by Crippen LogP contribution is -2.33. The van der Waals surface area contributed by atoms with Crippen molar-refractivity contribution in [3.63, 3.8) is 0 Å². The Hall–Kier alpha value is -2.38. The molecule has 1 atom stereocenters. The van der Waals surface area contributed by atoms with Crippen LogP contribution >= 0.6 is 0 Å². The maximum Gasteiger partial charge on any atom is 0.240 e. The highest BCUT2D eigenvalue weighted by Crippen LogP contribution is 2.26. The topological polar surface area (TPSA) is 84.5 Å². The van der Waals surface area contributed by atoms with E-state index in [0.717, 1.165) is 5.56 Å². The summed E-state index contributed by atoms with van der Waals surface area (Å²) in [7, 11) is -2.01. The Kier molecular flexibility index (Phi) is 7.17. The second-order valence-corrected chi connectivity index (χ2v) is 7.50. The third-order valence-electron chi connectivity index (χ3n) is 3.96. The van der Waals surface area contributed by atoms with Crippen LogP contribution in [0.3, 0.4) is 0 Å². The average molecular weight is 376 g/mol. The third-order valence-corrected chi connectivity index (χ3v) is 5.43. The van der Waals surface area contributed by atoms with Gasteiger partial charge in [0.1, 0.15) is 5.75 Å². The van der Waals surface area contributed by atoms with E-state index in [-0.39, 0.29) is 29.8 Å². The summed E-state index contributed by atoms with van der Waals surface area (Å²) >= 11 is 0. The number of amides is 1. The molecule has 2 aromatic carbocycles. The van der Waals surface area contributed by atoms with Crippen LogP contribution in [-0.4, -0.2) is 28.0 Å². The largest absolute Gasteiger partial charge is 0.496 e. The maximum absolute atomic E-state index is 12.2. The molecular weight excluding hydrogens is 352 g/mol. The number of methoxy groups -OCH3 is 1. The van der Waals surface area contributed by atoms with Crippen LogP contribution in [0.15, 0.2) is 59.5 Å². The Morgan fingerprint density at radius 1 is 1.08 bits per heavy atom. The van der Waals surface area contributed by atoms with Crippen LogP contribution in [0.1, 0.15) is 31.4 Å². The number of benzene rings is 2. The molecule has 1 unspecified atom stereocenters. The van der Waals surface area contributed by atoms with E-state index < -0.39 is 10.0 Å². The minimum Gasteiger partial charge on any atom is -0.496 e. The van der Waals surface area contributed by atoms with Gasteiger partial charge in [0.25, 0.3) is 0 Å². The Morgan fingerprint density at radius 2 is 1.73 bits per heavy atom. The molecule has 26 heavy (non-hydrogen) atoms. The van der Waals surface area contributed by atoms with Crippen molar-refractivity contribution in [3.05, 3.63) is 60.2 Å². The van der Waals surface area contributed by atoms with Crippen LogP contribution in [0.4, 0.5) is 0 Å². The lowest BCUT2D eigenvalue weighted by molar-refractivity contribution is -0.121. The molecule has 0 aliphatic carbocycles. The van der Waals surface area contributed by atoms with E-state index in [9.17, 15) is 13.2 Å². The Bertz CT molecular complexity index is 822. The molecule has 0 aromatic heterocycles. The van der Waals surface area contributed by atoms with Crippen molar-refractivity contribution in [3.8, 4) is 5.75 Å². The predicted octanol–water partition coefficient (Wildman–Crippen LogP) is 2.63. The zero-order valence-electron chi connectivity index (χ0n) is 14.9.